The Bertz CT molecular complexity index is 300. The van der Waals surface area contributed by atoms with Gasteiger partial charge in [-0.25, -0.2) is 0 Å². The van der Waals surface area contributed by atoms with Gasteiger partial charge in [0.2, 0.25) is 0 Å². The third-order valence-electron chi connectivity index (χ3n) is 3.50. The molecule has 1 aromatic rings. The number of rotatable bonds is 3. The smallest absolute Gasteiger partial charge is 0.0537 e. The molecule has 0 aliphatic heterocycles. The zero-order chi connectivity index (χ0) is 10.7. The molecule has 1 N–H and O–H groups in total. The van der Waals surface area contributed by atoms with Crippen LogP contribution < -0.4 is 5.32 Å². The predicted molar refractivity (Wildman–Crippen MR) is 61.8 cm³/mol. The van der Waals surface area contributed by atoms with Crippen molar-refractivity contribution in [1.82, 2.24) is 15.1 Å². The summed E-state index contributed by atoms with van der Waals surface area (Å²) in [5.74, 6) is 0. The van der Waals surface area contributed by atoms with Gasteiger partial charge in [-0.15, -0.1) is 0 Å². The number of nitrogens with zero attached hydrogens (tertiary/aromatic N) is 2. The van der Waals surface area contributed by atoms with Crippen LogP contribution in [0.25, 0.3) is 0 Å². The van der Waals surface area contributed by atoms with E-state index in [1.165, 1.54) is 37.7 Å². The normalized spacial score (nSPS) is 20.4. The van der Waals surface area contributed by atoms with E-state index in [1.54, 1.807) is 0 Å². The lowest BCUT2D eigenvalue weighted by Crippen LogP contribution is -2.14. The maximum atomic E-state index is 4.49. The molecule has 1 heterocycles. The molecule has 0 spiro atoms. The molecule has 3 nitrogen and oxygen atoms in total. The second kappa shape index (κ2) is 4.79. The molecule has 1 aliphatic rings. The van der Waals surface area contributed by atoms with E-state index in [9.17, 15) is 0 Å². The Morgan fingerprint density at radius 3 is 2.80 bits per heavy atom. The van der Waals surface area contributed by atoms with E-state index in [-0.39, 0.29) is 0 Å². The molecule has 1 aliphatic carbocycles. The lowest BCUT2D eigenvalue weighted by molar-refractivity contribution is 0.329. The highest BCUT2D eigenvalue weighted by Gasteiger charge is 2.16. The van der Waals surface area contributed by atoms with Gasteiger partial charge in [-0.1, -0.05) is 19.3 Å². The van der Waals surface area contributed by atoms with Crippen LogP contribution in [-0.2, 0) is 0 Å². The van der Waals surface area contributed by atoms with Crippen LogP contribution in [0.4, 0.5) is 0 Å². The molecule has 3 heteroatoms. The van der Waals surface area contributed by atoms with Gasteiger partial charge in [-0.2, -0.15) is 5.10 Å². The maximum absolute atomic E-state index is 4.49. The lowest BCUT2D eigenvalue weighted by Gasteiger charge is -2.21. The van der Waals surface area contributed by atoms with Crippen molar-refractivity contribution < 1.29 is 0 Å². The van der Waals surface area contributed by atoms with Gasteiger partial charge in [0.05, 0.1) is 12.2 Å². The first-order valence-corrected chi connectivity index (χ1v) is 6.02. The molecule has 1 saturated carbocycles. The summed E-state index contributed by atoms with van der Waals surface area (Å²) in [6.45, 7) is 2.17. The van der Waals surface area contributed by atoms with Crippen molar-refractivity contribution in [2.24, 2.45) is 0 Å². The zero-order valence-electron chi connectivity index (χ0n) is 9.74. The molecule has 1 atom stereocenters. The monoisotopic (exact) mass is 207 g/mol. The summed E-state index contributed by atoms with van der Waals surface area (Å²) in [6.07, 6.45) is 10.9. The second-order valence-electron chi connectivity index (χ2n) is 4.56. The number of aromatic nitrogens is 2. The minimum atomic E-state index is 0.405. The highest BCUT2D eigenvalue weighted by atomic mass is 15.3. The van der Waals surface area contributed by atoms with Gasteiger partial charge in [0.1, 0.15) is 0 Å². The fourth-order valence-electron chi connectivity index (χ4n) is 2.29. The molecule has 2 rings (SSSR count). The van der Waals surface area contributed by atoms with E-state index in [2.05, 4.69) is 28.2 Å². The van der Waals surface area contributed by atoms with Gasteiger partial charge in [-0.05, 0) is 26.8 Å². The van der Waals surface area contributed by atoms with E-state index >= 15 is 0 Å². The van der Waals surface area contributed by atoms with E-state index in [1.807, 2.05) is 13.2 Å². The average molecular weight is 207 g/mol. The summed E-state index contributed by atoms with van der Waals surface area (Å²) < 4.78 is 2.17. The van der Waals surface area contributed by atoms with Crippen LogP contribution in [0.15, 0.2) is 12.4 Å². The van der Waals surface area contributed by atoms with Gasteiger partial charge in [0, 0.05) is 17.8 Å². The summed E-state index contributed by atoms with van der Waals surface area (Å²) in [5.41, 5.74) is 1.29. The van der Waals surface area contributed by atoms with E-state index in [0.717, 1.165) is 0 Å². The molecule has 0 amide bonds. The molecule has 0 saturated heterocycles. The Morgan fingerprint density at radius 1 is 1.40 bits per heavy atom. The number of hydrogen-bond acceptors (Lipinski definition) is 2. The van der Waals surface area contributed by atoms with E-state index < -0.39 is 0 Å². The van der Waals surface area contributed by atoms with Crippen LogP contribution >= 0.6 is 0 Å². The van der Waals surface area contributed by atoms with Crippen LogP contribution in [0.1, 0.15) is 56.7 Å². The molecule has 84 valence electrons. The molecule has 0 radical (unpaired) electrons. The van der Waals surface area contributed by atoms with Gasteiger partial charge >= 0.3 is 0 Å². The van der Waals surface area contributed by atoms with Crippen molar-refractivity contribution in [3.05, 3.63) is 18.0 Å². The van der Waals surface area contributed by atoms with Crippen LogP contribution in [-0.4, -0.2) is 16.8 Å². The van der Waals surface area contributed by atoms with E-state index in [0.29, 0.717) is 12.1 Å². The lowest BCUT2D eigenvalue weighted by atomic mass is 9.96. The molecule has 0 bridgehead atoms. The SMILES string of the molecule is CNC(C)c1cnn(C2CCCCC2)c1. The third-order valence-corrected chi connectivity index (χ3v) is 3.50. The van der Waals surface area contributed by atoms with Gasteiger partial charge in [0.15, 0.2) is 0 Å². The Hall–Kier alpha value is -0.830. The molecule has 1 aromatic heterocycles. The summed E-state index contributed by atoms with van der Waals surface area (Å²) >= 11 is 0. The second-order valence-corrected chi connectivity index (χ2v) is 4.56. The molecule has 15 heavy (non-hydrogen) atoms. The summed E-state index contributed by atoms with van der Waals surface area (Å²) in [4.78, 5) is 0. The van der Waals surface area contributed by atoms with Crippen molar-refractivity contribution in [1.29, 1.82) is 0 Å². The quantitative estimate of drug-likeness (QED) is 0.825. The number of hydrogen-bond donors (Lipinski definition) is 1. The Balaban J connectivity index is 2.05. The summed E-state index contributed by atoms with van der Waals surface area (Å²) in [6, 6.07) is 1.05. The Morgan fingerprint density at radius 2 is 2.13 bits per heavy atom. The van der Waals surface area contributed by atoms with Gasteiger partial charge < -0.3 is 5.32 Å². The first-order chi connectivity index (χ1) is 7.31. The highest BCUT2D eigenvalue weighted by Crippen LogP contribution is 2.28. The van der Waals surface area contributed by atoms with Crippen molar-refractivity contribution in [2.75, 3.05) is 7.05 Å². The van der Waals surface area contributed by atoms with Crippen molar-refractivity contribution in [3.63, 3.8) is 0 Å². The minimum Gasteiger partial charge on any atom is -0.313 e. The first-order valence-electron chi connectivity index (χ1n) is 6.02. The summed E-state index contributed by atoms with van der Waals surface area (Å²) in [7, 11) is 1.99. The van der Waals surface area contributed by atoms with Gasteiger partial charge in [0.25, 0.3) is 0 Å². The number of nitrogens with one attached hydrogen (secondary N) is 1. The van der Waals surface area contributed by atoms with Crippen LogP contribution in [0.2, 0.25) is 0 Å². The molecule has 0 aromatic carbocycles. The highest BCUT2D eigenvalue weighted by molar-refractivity contribution is 5.09. The standard InChI is InChI=1S/C12H21N3/c1-10(13-2)11-8-14-15(9-11)12-6-4-3-5-7-12/h8-10,12-13H,3-7H2,1-2H3. The van der Waals surface area contributed by atoms with Crippen molar-refractivity contribution in [3.8, 4) is 0 Å². The van der Waals surface area contributed by atoms with Crippen molar-refractivity contribution in [2.45, 2.75) is 51.1 Å². The van der Waals surface area contributed by atoms with Crippen LogP contribution in [0.5, 0.6) is 0 Å². The molecule has 1 fully saturated rings. The molecule has 1 unspecified atom stereocenters. The van der Waals surface area contributed by atoms with Crippen molar-refractivity contribution >= 4 is 0 Å². The average Bonchev–Trinajstić information content (AvgIpc) is 2.78. The summed E-state index contributed by atoms with van der Waals surface area (Å²) in [5, 5.41) is 7.73. The zero-order valence-corrected chi connectivity index (χ0v) is 9.74. The fraction of sp³-hybridized carbons (Fsp3) is 0.750. The Kier molecular flexibility index (Phi) is 3.41. The first kappa shape index (κ1) is 10.7. The largest absolute Gasteiger partial charge is 0.313 e. The third kappa shape index (κ3) is 2.40. The topological polar surface area (TPSA) is 29.9 Å². The van der Waals surface area contributed by atoms with Crippen LogP contribution in [0.3, 0.4) is 0 Å². The predicted octanol–water partition coefficient (Wildman–Crippen LogP) is 2.67. The molecular weight excluding hydrogens is 186 g/mol. The fourth-order valence-corrected chi connectivity index (χ4v) is 2.29. The van der Waals surface area contributed by atoms with E-state index in [4.69, 9.17) is 0 Å². The minimum absolute atomic E-state index is 0.405. The van der Waals surface area contributed by atoms with Gasteiger partial charge in [-0.3, -0.25) is 4.68 Å². The molecular formula is C12H21N3. The Labute approximate surface area is 91.9 Å². The van der Waals surface area contributed by atoms with Crippen LogP contribution in [0, 0.1) is 0 Å². The maximum Gasteiger partial charge on any atom is 0.0537 e.